The minimum atomic E-state index is -4.71. The van der Waals surface area contributed by atoms with Gasteiger partial charge in [-0.05, 0) is 36.4 Å². The van der Waals surface area contributed by atoms with Crippen molar-refractivity contribution < 1.29 is 32.2 Å². The predicted molar refractivity (Wildman–Crippen MR) is 94.7 cm³/mol. The van der Waals surface area contributed by atoms with E-state index < -0.39 is 6.36 Å². The van der Waals surface area contributed by atoms with Gasteiger partial charge in [-0.3, -0.25) is 0 Å². The maximum absolute atomic E-state index is 12.2. The molecule has 1 N–H and O–H groups in total. The Morgan fingerprint density at radius 2 is 1.71 bits per heavy atom. The van der Waals surface area contributed by atoms with Crippen molar-refractivity contribution in [2.75, 3.05) is 18.0 Å². The van der Waals surface area contributed by atoms with E-state index in [1.54, 1.807) is 18.2 Å². The second kappa shape index (κ2) is 7.14. The molecule has 0 aliphatic carbocycles. The molecule has 0 unspecified atom stereocenters. The number of ether oxygens (including phenoxy) is 2. The van der Waals surface area contributed by atoms with E-state index in [1.165, 1.54) is 24.3 Å². The van der Waals surface area contributed by atoms with Gasteiger partial charge in [0.2, 0.25) is 0 Å². The molecule has 1 saturated heterocycles. The number of oxazole rings is 1. The molecule has 0 atom stereocenters. The largest absolute Gasteiger partial charge is 0.573 e. The predicted octanol–water partition coefficient (Wildman–Crippen LogP) is 4.48. The van der Waals surface area contributed by atoms with E-state index in [0.29, 0.717) is 48.8 Å². The van der Waals surface area contributed by atoms with E-state index in [2.05, 4.69) is 9.72 Å². The molecule has 6 nitrogen and oxygen atoms in total. The normalized spacial score (nSPS) is 15.8. The standard InChI is InChI=1S/C19H17F3N2O4/c20-19(21,22)28-15-4-2-13(3-5-15)26-14-7-9-24(10-8-14)18-23-16-11-12(25)1-6-17(16)27-18/h1-6,11,14,25H,7-10H2. The van der Waals surface area contributed by atoms with Gasteiger partial charge < -0.3 is 23.9 Å². The maximum Gasteiger partial charge on any atom is 0.573 e. The molecule has 1 aliphatic rings. The second-order valence-corrected chi connectivity index (χ2v) is 6.47. The number of phenols is 1. The van der Waals surface area contributed by atoms with Gasteiger partial charge in [0, 0.05) is 32.0 Å². The molecule has 148 valence electrons. The van der Waals surface area contributed by atoms with Gasteiger partial charge in [-0.2, -0.15) is 4.98 Å². The van der Waals surface area contributed by atoms with Crippen LogP contribution >= 0.6 is 0 Å². The van der Waals surface area contributed by atoms with Crippen LogP contribution in [0.25, 0.3) is 11.1 Å². The number of hydrogen-bond donors (Lipinski definition) is 1. The number of aromatic nitrogens is 1. The Balaban J connectivity index is 1.33. The molecule has 3 aromatic rings. The van der Waals surface area contributed by atoms with Crippen LogP contribution < -0.4 is 14.4 Å². The number of hydrogen-bond acceptors (Lipinski definition) is 6. The average molecular weight is 394 g/mol. The average Bonchev–Trinajstić information content (AvgIpc) is 3.06. The van der Waals surface area contributed by atoms with E-state index in [4.69, 9.17) is 9.15 Å². The lowest BCUT2D eigenvalue weighted by atomic mass is 10.1. The van der Waals surface area contributed by atoms with Crippen LogP contribution in [0.15, 0.2) is 46.9 Å². The number of alkyl halides is 3. The Hall–Kier alpha value is -3.10. The van der Waals surface area contributed by atoms with E-state index in [1.807, 2.05) is 4.90 Å². The Morgan fingerprint density at radius 3 is 2.39 bits per heavy atom. The number of nitrogens with zero attached hydrogens (tertiary/aromatic N) is 2. The van der Waals surface area contributed by atoms with Crippen molar-refractivity contribution in [1.82, 2.24) is 4.98 Å². The molecule has 1 aliphatic heterocycles. The number of aromatic hydroxyl groups is 1. The number of anilines is 1. The number of benzene rings is 2. The molecule has 28 heavy (non-hydrogen) atoms. The van der Waals surface area contributed by atoms with Crippen LogP contribution in [0.4, 0.5) is 19.2 Å². The van der Waals surface area contributed by atoms with Crippen LogP contribution in [-0.4, -0.2) is 35.6 Å². The van der Waals surface area contributed by atoms with Gasteiger partial charge in [0.1, 0.15) is 28.9 Å². The van der Waals surface area contributed by atoms with Crippen LogP contribution in [-0.2, 0) is 0 Å². The van der Waals surface area contributed by atoms with Crippen molar-refractivity contribution in [1.29, 1.82) is 0 Å². The number of halogens is 3. The Labute approximate surface area is 158 Å². The van der Waals surface area contributed by atoms with E-state index >= 15 is 0 Å². The third-order valence-corrected chi connectivity index (χ3v) is 4.43. The summed E-state index contributed by atoms with van der Waals surface area (Å²) in [4.78, 5) is 6.40. The van der Waals surface area contributed by atoms with Gasteiger partial charge in [0.25, 0.3) is 6.01 Å². The summed E-state index contributed by atoms with van der Waals surface area (Å²) in [6.45, 7) is 1.33. The molecular formula is C19H17F3N2O4. The van der Waals surface area contributed by atoms with Crippen molar-refractivity contribution in [3.8, 4) is 17.2 Å². The van der Waals surface area contributed by atoms with Crippen molar-refractivity contribution in [3.05, 3.63) is 42.5 Å². The number of rotatable bonds is 4. The van der Waals surface area contributed by atoms with Crippen LogP contribution in [0.2, 0.25) is 0 Å². The van der Waals surface area contributed by atoms with Crippen molar-refractivity contribution >= 4 is 17.1 Å². The Bertz CT molecular complexity index is 948. The Morgan fingerprint density at radius 1 is 1.04 bits per heavy atom. The summed E-state index contributed by atoms with van der Waals surface area (Å²) in [5.74, 6) is 0.341. The maximum atomic E-state index is 12.2. The fourth-order valence-corrected chi connectivity index (χ4v) is 3.12. The van der Waals surface area contributed by atoms with Gasteiger partial charge in [0.05, 0.1) is 0 Å². The van der Waals surface area contributed by atoms with Gasteiger partial charge in [0.15, 0.2) is 5.58 Å². The first kappa shape index (κ1) is 18.3. The molecule has 1 aromatic heterocycles. The smallest absolute Gasteiger partial charge is 0.508 e. The van der Waals surface area contributed by atoms with Gasteiger partial charge in [-0.15, -0.1) is 13.2 Å². The first-order valence-electron chi connectivity index (χ1n) is 8.73. The van der Waals surface area contributed by atoms with E-state index in [-0.39, 0.29) is 17.6 Å². The molecule has 4 rings (SSSR count). The van der Waals surface area contributed by atoms with Gasteiger partial charge in [-0.1, -0.05) is 0 Å². The molecule has 0 amide bonds. The zero-order valence-electron chi connectivity index (χ0n) is 14.6. The highest BCUT2D eigenvalue weighted by Gasteiger charge is 2.31. The molecule has 0 radical (unpaired) electrons. The molecule has 0 saturated carbocycles. The van der Waals surface area contributed by atoms with Crippen LogP contribution in [0.5, 0.6) is 17.2 Å². The summed E-state index contributed by atoms with van der Waals surface area (Å²) in [6.07, 6.45) is -3.34. The molecule has 0 bridgehead atoms. The fraction of sp³-hybridized carbons (Fsp3) is 0.316. The van der Waals surface area contributed by atoms with Gasteiger partial charge >= 0.3 is 6.36 Å². The van der Waals surface area contributed by atoms with E-state index in [0.717, 1.165) is 0 Å². The van der Waals surface area contributed by atoms with Gasteiger partial charge in [-0.25, -0.2) is 0 Å². The third-order valence-electron chi connectivity index (χ3n) is 4.43. The molecule has 2 heterocycles. The lowest BCUT2D eigenvalue weighted by molar-refractivity contribution is -0.274. The molecule has 0 spiro atoms. The monoisotopic (exact) mass is 394 g/mol. The first-order chi connectivity index (χ1) is 13.4. The summed E-state index contributed by atoms with van der Waals surface area (Å²) in [5, 5.41) is 9.52. The summed E-state index contributed by atoms with van der Waals surface area (Å²) in [5.41, 5.74) is 1.20. The summed E-state index contributed by atoms with van der Waals surface area (Å²) >= 11 is 0. The highest BCUT2D eigenvalue weighted by molar-refractivity contribution is 5.76. The topological polar surface area (TPSA) is 68.0 Å². The zero-order valence-corrected chi connectivity index (χ0v) is 14.6. The number of piperidine rings is 1. The molecular weight excluding hydrogens is 377 g/mol. The van der Waals surface area contributed by atoms with Crippen LogP contribution in [0.1, 0.15) is 12.8 Å². The quantitative estimate of drug-likeness (QED) is 0.704. The first-order valence-corrected chi connectivity index (χ1v) is 8.73. The molecule has 9 heteroatoms. The zero-order chi connectivity index (χ0) is 19.7. The van der Waals surface area contributed by atoms with Crippen molar-refractivity contribution in [2.24, 2.45) is 0 Å². The summed E-state index contributed by atoms with van der Waals surface area (Å²) in [6, 6.07) is 10.6. The highest BCUT2D eigenvalue weighted by Crippen LogP contribution is 2.29. The lowest BCUT2D eigenvalue weighted by Crippen LogP contribution is -2.38. The second-order valence-electron chi connectivity index (χ2n) is 6.47. The minimum Gasteiger partial charge on any atom is -0.508 e. The fourth-order valence-electron chi connectivity index (χ4n) is 3.12. The third kappa shape index (κ3) is 4.24. The lowest BCUT2D eigenvalue weighted by Gasteiger charge is -2.31. The minimum absolute atomic E-state index is 0.0564. The van der Waals surface area contributed by atoms with Crippen LogP contribution in [0, 0.1) is 0 Å². The molecule has 1 fully saturated rings. The summed E-state index contributed by atoms with van der Waals surface area (Å²) in [7, 11) is 0. The number of fused-ring (bicyclic) bond motifs is 1. The summed E-state index contributed by atoms with van der Waals surface area (Å²) < 4.78 is 52.0. The van der Waals surface area contributed by atoms with Crippen molar-refractivity contribution in [3.63, 3.8) is 0 Å². The SMILES string of the molecule is Oc1ccc2oc(N3CCC(Oc4ccc(OC(F)(F)F)cc4)CC3)nc2c1. The van der Waals surface area contributed by atoms with Crippen LogP contribution in [0.3, 0.4) is 0 Å². The molecule has 2 aromatic carbocycles. The van der Waals surface area contributed by atoms with Crippen molar-refractivity contribution in [2.45, 2.75) is 25.3 Å². The Kier molecular flexibility index (Phi) is 4.66. The van der Waals surface area contributed by atoms with E-state index in [9.17, 15) is 18.3 Å². The highest BCUT2D eigenvalue weighted by atomic mass is 19.4. The number of phenolic OH excluding ortho intramolecular Hbond substituents is 1.